The van der Waals surface area contributed by atoms with Gasteiger partial charge in [0.25, 0.3) is 10.0 Å². The first-order valence-corrected chi connectivity index (χ1v) is 12.2. The number of hydrogen-bond acceptors (Lipinski definition) is 4. The van der Waals surface area contributed by atoms with E-state index in [0.29, 0.717) is 28.8 Å². The molecule has 1 aliphatic rings. The van der Waals surface area contributed by atoms with Crippen molar-refractivity contribution in [2.24, 2.45) is 5.92 Å². The van der Waals surface area contributed by atoms with Gasteiger partial charge in [-0.15, -0.1) is 0 Å². The van der Waals surface area contributed by atoms with Crippen molar-refractivity contribution in [3.63, 3.8) is 0 Å². The van der Waals surface area contributed by atoms with Crippen molar-refractivity contribution < 1.29 is 17.9 Å². The number of furan rings is 1. The molecular formula is C26H25NO4S. The van der Waals surface area contributed by atoms with Crippen LogP contribution in [0.4, 0.5) is 5.69 Å². The van der Waals surface area contributed by atoms with Gasteiger partial charge in [0.15, 0.2) is 0 Å². The van der Waals surface area contributed by atoms with Crippen molar-refractivity contribution in [3.8, 4) is 0 Å². The normalized spacial score (nSPS) is 21.0. The number of rotatable bonds is 4. The van der Waals surface area contributed by atoms with Crippen LogP contribution < -0.4 is 4.31 Å². The second-order valence-corrected chi connectivity index (χ2v) is 10.1. The zero-order chi connectivity index (χ0) is 22.5. The highest BCUT2D eigenvalue weighted by atomic mass is 32.2. The van der Waals surface area contributed by atoms with E-state index in [1.807, 2.05) is 68.4 Å². The molecule has 1 aromatic heterocycles. The zero-order valence-electron chi connectivity index (χ0n) is 18.0. The van der Waals surface area contributed by atoms with Crippen LogP contribution in [-0.2, 0) is 10.0 Å². The van der Waals surface area contributed by atoms with Crippen molar-refractivity contribution in [1.82, 2.24) is 0 Å². The van der Waals surface area contributed by atoms with E-state index in [-0.39, 0.29) is 16.7 Å². The van der Waals surface area contributed by atoms with E-state index >= 15 is 0 Å². The number of fused-ring (bicyclic) bond motifs is 3. The largest absolute Gasteiger partial charge is 0.458 e. The number of hydrogen-bond donors (Lipinski definition) is 1. The number of aliphatic hydroxyl groups excluding tert-OH is 1. The van der Waals surface area contributed by atoms with Crippen molar-refractivity contribution in [3.05, 3.63) is 95.7 Å². The zero-order valence-corrected chi connectivity index (χ0v) is 18.8. The van der Waals surface area contributed by atoms with Gasteiger partial charge in [0.05, 0.1) is 10.8 Å². The lowest BCUT2D eigenvalue weighted by Gasteiger charge is -2.42. The third-order valence-electron chi connectivity index (χ3n) is 6.36. The molecular weight excluding hydrogens is 422 g/mol. The average Bonchev–Trinajstić information content (AvgIpc) is 3.17. The molecule has 1 aliphatic heterocycles. The summed E-state index contributed by atoms with van der Waals surface area (Å²) in [5.74, 6) is -0.0565. The summed E-state index contributed by atoms with van der Waals surface area (Å²) in [6.45, 7) is 3.87. The summed E-state index contributed by atoms with van der Waals surface area (Å²) in [5, 5.41) is 12.2. The average molecular weight is 448 g/mol. The van der Waals surface area contributed by atoms with Gasteiger partial charge in [-0.1, -0.05) is 67.1 Å². The molecule has 164 valence electrons. The Hall–Kier alpha value is -3.09. The fourth-order valence-corrected chi connectivity index (χ4v) is 6.33. The summed E-state index contributed by atoms with van der Waals surface area (Å²) >= 11 is 0. The van der Waals surface area contributed by atoms with Crippen LogP contribution in [0.25, 0.3) is 11.0 Å². The molecule has 32 heavy (non-hydrogen) atoms. The Balaban J connectivity index is 1.80. The second kappa shape index (κ2) is 7.80. The van der Waals surface area contributed by atoms with E-state index in [2.05, 4.69) is 0 Å². The van der Waals surface area contributed by atoms with Gasteiger partial charge in [0.1, 0.15) is 23.3 Å². The van der Waals surface area contributed by atoms with Crippen LogP contribution in [0, 0.1) is 12.8 Å². The Bertz CT molecular complexity index is 1360. The molecule has 0 saturated carbocycles. The van der Waals surface area contributed by atoms with Crippen LogP contribution in [0.3, 0.4) is 0 Å². The van der Waals surface area contributed by atoms with E-state index in [1.54, 1.807) is 24.3 Å². The van der Waals surface area contributed by atoms with Crippen LogP contribution in [0.2, 0.25) is 0 Å². The molecule has 0 radical (unpaired) electrons. The maximum atomic E-state index is 13.8. The topological polar surface area (TPSA) is 70.8 Å². The van der Waals surface area contributed by atoms with Gasteiger partial charge in [-0.3, -0.25) is 0 Å². The molecule has 1 unspecified atom stereocenters. The minimum Gasteiger partial charge on any atom is -0.458 e. The fourth-order valence-electron chi connectivity index (χ4n) is 4.75. The van der Waals surface area contributed by atoms with Gasteiger partial charge in [-0.25, -0.2) is 12.7 Å². The number of para-hydroxylation sites is 1. The maximum Gasteiger partial charge on any atom is 0.266 e. The number of nitrogens with zero attached hydrogens (tertiary/aromatic N) is 1. The summed E-state index contributed by atoms with van der Waals surface area (Å²) in [6.07, 6.45) is -0.651. The molecule has 0 aliphatic carbocycles. The van der Waals surface area contributed by atoms with E-state index in [9.17, 15) is 13.5 Å². The van der Waals surface area contributed by atoms with Crippen molar-refractivity contribution in [2.45, 2.75) is 37.3 Å². The summed E-state index contributed by atoms with van der Waals surface area (Å²) in [4.78, 5) is 0.145. The quantitative estimate of drug-likeness (QED) is 0.453. The third-order valence-corrected chi connectivity index (χ3v) is 8.14. The molecule has 0 fully saturated rings. The van der Waals surface area contributed by atoms with Crippen molar-refractivity contribution in [1.29, 1.82) is 0 Å². The summed E-state index contributed by atoms with van der Waals surface area (Å²) < 4.78 is 35.2. The molecule has 0 amide bonds. The van der Waals surface area contributed by atoms with E-state index < -0.39 is 16.3 Å². The molecule has 0 saturated heterocycles. The third kappa shape index (κ3) is 3.14. The molecule has 1 N–H and O–H groups in total. The maximum absolute atomic E-state index is 13.8. The molecule has 2 heterocycles. The summed E-state index contributed by atoms with van der Waals surface area (Å²) in [7, 11) is -4.03. The summed E-state index contributed by atoms with van der Waals surface area (Å²) in [5.41, 5.74) is 2.98. The predicted molar refractivity (Wildman–Crippen MR) is 125 cm³/mol. The highest BCUT2D eigenvalue weighted by molar-refractivity contribution is 7.92. The molecule has 4 aromatic rings. The van der Waals surface area contributed by atoms with Gasteiger partial charge in [-0.05, 0) is 43.2 Å². The van der Waals surface area contributed by atoms with Gasteiger partial charge in [0, 0.05) is 11.3 Å². The minimum absolute atomic E-state index is 0.145. The molecule has 5 rings (SSSR count). The van der Waals surface area contributed by atoms with E-state index in [0.717, 1.165) is 11.1 Å². The Kier molecular flexibility index (Phi) is 5.07. The number of anilines is 1. The van der Waals surface area contributed by atoms with Crippen LogP contribution in [0.1, 0.15) is 36.1 Å². The molecule has 6 heteroatoms. The first-order valence-electron chi connectivity index (χ1n) is 10.8. The van der Waals surface area contributed by atoms with Crippen molar-refractivity contribution >= 4 is 26.7 Å². The Morgan fingerprint density at radius 2 is 1.59 bits per heavy atom. The van der Waals surface area contributed by atoms with Gasteiger partial charge < -0.3 is 9.52 Å². The molecule has 3 aromatic carbocycles. The fraction of sp³-hybridized carbons (Fsp3) is 0.231. The Morgan fingerprint density at radius 3 is 2.28 bits per heavy atom. The lowest BCUT2D eigenvalue weighted by molar-refractivity contribution is 0.0941. The lowest BCUT2D eigenvalue weighted by Crippen LogP contribution is -2.49. The first-order chi connectivity index (χ1) is 15.4. The standard InChI is InChI=1S/C26H25NO4S/c1-3-20-23(18-9-5-4-6-10-18)25-24(21-11-7-8-12-22(21)31-25)27(26(20)28)32(29,30)19-15-13-17(2)14-16-19/h4-16,20,23,26,28H,3H2,1-2H3/t20-,23-,26?/m1/s1. The predicted octanol–water partition coefficient (Wildman–Crippen LogP) is 5.43. The molecule has 5 nitrogen and oxygen atoms in total. The number of aliphatic hydroxyl groups is 1. The summed E-state index contributed by atoms with van der Waals surface area (Å²) in [6, 6.07) is 23.9. The highest BCUT2D eigenvalue weighted by Gasteiger charge is 2.48. The molecule has 0 bridgehead atoms. The first kappa shape index (κ1) is 20.8. The van der Waals surface area contributed by atoms with Crippen LogP contribution in [-0.4, -0.2) is 19.8 Å². The van der Waals surface area contributed by atoms with E-state index in [1.165, 1.54) is 4.31 Å². The van der Waals surface area contributed by atoms with Gasteiger partial charge >= 0.3 is 0 Å². The highest BCUT2D eigenvalue weighted by Crippen LogP contribution is 2.52. The SMILES string of the molecule is CC[C@H]1C(O)N(S(=O)(=O)c2ccc(C)cc2)c2c(oc3ccccc23)[C@@H]1c1ccccc1. The Morgan fingerprint density at radius 1 is 0.938 bits per heavy atom. The number of aryl methyl sites for hydroxylation is 1. The van der Waals surface area contributed by atoms with Gasteiger partial charge in [-0.2, -0.15) is 0 Å². The van der Waals surface area contributed by atoms with Crippen LogP contribution in [0.15, 0.2) is 88.2 Å². The number of benzene rings is 3. The van der Waals surface area contributed by atoms with Crippen LogP contribution >= 0.6 is 0 Å². The Labute approximate surface area is 188 Å². The van der Waals surface area contributed by atoms with E-state index in [4.69, 9.17) is 4.42 Å². The minimum atomic E-state index is -4.03. The lowest BCUT2D eigenvalue weighted by atomic mass is 9.78. The van der Waals surface area contributed by atoms with Crippen LogP contribution in [0.5, 0.6) is 0 Å². The van der Waals surface area contributed by atoms with Gasteiger partial charge in [0.2, 0.25) is 0 Å². The van der Waals surface area contributed by atoms with Crippen molar-refractivity contribution in [2.75, 3.05) is 4.31 Å². The molecule has 0 spiro atoms. The second-order valence-electron chi connectivity index (χ2n) is 8.30. The number of sulfonamides is 1. The smallest absolute Gasteiger partial charge is 0.266 e. The monoisotopic (exact) mass is 447 g/mol. The molecule has 3 atom stereocenters.